The summed E-state index contributed by atoms with van der Waals surface area (Å²) in [4.78, 5) is 0. The van der Waals surface area contributed by atoms with Crippen LogP contribution in [0.5, 0.6) is 0 Å². The zero-order chi connectivity index (χ0) is 15.7. The molecule has 0 aromatic carbocycles. The molecule has 2 heteroatoms. The summed E-state index contributed by atoms with van der Waals surface area (Å²) in [6.07, 6.45) is 12.0. The van der Waals surface area contributed by atoms with Gasteiger partial charge in [-0.25, -0.2) is 0 Å². The lowest BCUT2D eigenvalue weighted by Crippen LogP contribution is -2.54. The third-order valence-electron chi connectivity index (χ3n) is 8.15. The molecule has 0 amide bonds. The van der Waals surface area contributed by atoms with Gasteiger partial charge in [-0.1, -0.05) is 26.8 Å². The van der Waals surface area contributed by atoms with Gasteiger partial charge in [0.25, 0.3) is 0 Å². The molecular formula is C20H30O2. The quantitative estimate of drug-likeness (QED) is 0.693. The summed E-state index contributed by atoms with van der Waals surface area (Å²) >= 11 is 0. The van der Waals surface area contributed by atoms with E-state index in [-0.39, 0.29) is 16.9 Å². The smallest absolute Gasteiger partial charge is 0.111 e. The van der Waals surface area contributed by atoms with Crippen LogP contribution in [-0.2, 0) is 0 Å². The molecule has 4 rings (SSSR count). The number of allylic oxidation sites excluding steroid dienone is 3. The second kappa shape index (κ2) is 4.63. The van der Waals surface area contributed by atoms with Crippen LogP contribution in [0.15, 0.2) is 24.0 Å². The van der Waals surface area contributed by atoms with Crippen LogP contribution in [-0.4, -0.2) is 16.3 Å². The van der Waals surface area contributed by atoms with E-state index in [0.717, 1.165) is 12.3 Å². The van der Waals surface area contributed by atoms with E-state index in [0.29, 0.717) is 29.4 Å². The third-order valence-corrected chi connectivity index (χ3v) is 8.15. The van der Waals surface area contributed by atoms with Crippen molar-refractivity contribution in [3.8, 4) is 0 Å². The Balaban J connectivity index is 1.72. The van der Waals surface area contributed by atoms with Crippen LogP contribution < -0.4 is 0 Å². The molecule has 0 bridgehead atoms. The standard InChI is InChI=1S/C20H30O2/c1-12-10-13-11-14(21)6-8-19(13,2)16-7-9-20(3)15(18(12)16)4-5-17(20)22/h6,8,11-13,15-18,21-22H,4-5,7,9-10H2,1-3H3/t12-,13-,15+,16+,17+,18+,19+,20+/m1/s1. The van der Waals surface area contributed by atoms with Gasteiger partial charge in [-0.2, -0.15) is 0 Å². The van der Waals surface area contributed by atoms with Gasteiger partial charge < -0.3 is 10.2 Å². The maximum absolute atomic E-state index is 10.5. The molecule has 0 aromatic rings. The molecule has 3 saturated carbocycles. The summed E-state index contributed by atoms with van der Waals surface area (Å²) in [6.45, 7) is 7.17. The minimum absolute atomic E-state index is 0.0954. The normalized spacial score (nSPS) is 56.8. The monoisotopic (exact) mass is 302 g/mol. The molecule has 3 fully saturated rings. The third kappa shape index (κ3) is 1.76. The molecule has 2 N–H and O–H groups in total. The van der Waals surface area contributed by atoms with Crippen molar-refractivity contribution in [1.82, 2.24) is 0 Å². The summed E-state index contributed by atoms with van der Waals surface area (Å²) in [5.41, 5.74) is 0.341. The van der Waals surface area contributed by atoms with E-state index in [1.807, 2.05) is 6.08 Å². The Hall–Kier alpha value is -0.760. The van der Waals surface area contributed by atoms with Crippen LogP contribution in [0.2, 0.25) is 0 Å². The van der Waals surface area contributed by atoms with Gasteiger partial charge in [0.15, 0.2) is 0 Å². The van der Waals surface area contributed by atoms with Crippen molar-refractivity contribution in [2.24, 2.45) is 40.4 Å². The topological polar surface area (TPSA) is 40.5 Å². The summed E-state index contributed by atoms with van der Waals surface area (Å²) in [5, 5.41) is 20.4. The second-order valence-corrected chi connectivity index (χ2v) is 9.04. The Morgan fingerprint density at radius 3 is 2.68 bits per heavy atom. The molecule has 0 saturated heterocycles. The lowest BCUT2D eigenvalue weighted by molar-refractivity contribution is -0.108. The molecule has 0 spiro atoms. The highest BCUT2D eigenvalue weighted by atomic mass is 16.3. The first-order valence-electron chi connectivity index (χ1n) is 9.14. The fourth-order valence-electron chi connectivity index (χ4n) is 6.79. The largest absolute Gasteiger partial charge is 0.508 e. The van der Waals surface area contributed by atoms with Crippen molar-refractivity contribution in [2.75, 3.05) is 0 Å². The highest BCUT2D eigenvalue weighted by Gasteiger charge is 2.60. The average molecular weight is 302 g/mol. The van der Waals surface area contributed by atoms with Gasteiger partial charge in [0.05, 0.1) is 6.10 Å². The van der Waals surface area contributed by atoms with E-state index < -0.39 is 0 Å². The highest BCUT2D eigenvalue weighted by molar-refractivity contribution is 5.27. The summed E-state index contributed by atoms with van der Waals surface area (Å²) in [6, 6.07) is 0. The molecule has 122 valence electrons. The van der Waals surface area contributed by atoms with Crippen LogP contribution in [0.1, 0.15) is 52.9 Å². The molecule has 22 heavy (non-hydrogen) atoms. The molecule has 4 aliphatic rings. The summed E-state index contributed by atoms with van der Waals surface area (Å²) < 4.78 is 0. The van der Waals surface area contributed by atoms with E-state index in [9.17, 15) is 10.2 Å². The molecule has 0 unspecified atom stereocenters. The first-order valence-corrected chi connectivity index (χ1v) is 9.14. The first kappa shape index (κ1) is 14.8. The first-order chi connectivity index (χ1) is 10.4. The summed E-state index contributed by atoms with van der Waals surface area (Å²) in [7, 11) is 0. The van der Waals surface area contributed by atoms with Gasteiger partial charge in [-0.15, -0.1) is 0 Å². The van der Waals surface area contributed by atoms with Crippen molar-refractivity contribution < 1.29 is 10.2 Å². The molecule has 2 nitrogen and oxygen atoms in total. The van der Waals surface area contributed by atoms with Crippen molar-refractivity contribution in [2.45, 2.75) is 59.0 Å². The lowest BCUT2D eigenvalue weighted by atomic mass is 9.45. The van der Waals surface area contributed by atoms with Crippen molar-refractivity contribution in [1.29, 1.82) is 0 Å². The lowest BCUT2D eigenvalue weighted by Gasteiger charge is -2.60. The Morgan fingerprint density at radius 1 is 1.14 bits per heavy atom. The van der Waals surface area contributed by atoms with Gasteiger partial charge >= 0.3 is 0 Å². The van der Waals surface area contributed by atoms with E-state index >= 15 is 0 Å². The van der Waals surface area contributed by atoms with Crippen LogP contribution >= 0.6 is 0 Å². The minimum Gasteiger partial charge on any atom is -0.508 e. The van der Waals surface area contributed by atoms with Crippen LogP contribution in [0.3, 0.4) is 0 Å². The van der Waals surface area contributed by atoms with Gasteiger partial charge in [0, 0.05) is 0 Å². The highest BCUT2D eigenvalue weighted by Crippen LogP contribution is 2.66. The van der Waals surface area contributed by atoms with Crippen molar-refractivity contribution >= 4 is 0 Å². The molecular weight excluding hydrogens is 272 g/mol. The number of hydrogen-bond donors (Lipinski definition) is 2. The fourth-order valence-corrected chi connectivity index (χ4v) is 6.79. The Labute approximate surface area is 134 Å². The molecule has 0 heterocycles. The predicted octanol–water partition coefficient (Wildman–Crippen LogP) is 4.46. The Kier molecular flexibility index (Phi) is 3.11. The van der Waals surface area contributed by atoms with Gasteiger partial charge in [-0.05, 0) is 84.7 Å². The molecule has 0 radical (unpaired) electrons. The average Bonchev–Trinajstić information content (AvgIpc) is 2.77. The minimum atomic E-state index is -0.0954. The fraction of sp³-hybridized carbons (Fsp3) is 0.800. The van der Waals surface area contributed by atoms with Crippen LogP contribution in [0, 0.1) is 40.4 Å². The number of rotatable bonds is 0. The number of aliphatic hydroxyl groups is 2. The van der Waals surface area contributed by atoms with Gasteiger partial charge in [0.1, 0.15) is 5.76 Å². The molecule has 4 aliphatic carbocycles. The molecule has 8 atom stereocenters. The SMILES string of the molecule is C[C@@H]1C[C@@H]2C=C(O)C=C[C@]2(C)[C@H]2CC[C@]3(C)[C@@H](O)CC[C@H]3[C@H]12. The van der Waals surface area contributed by atoms with Gasteiger partial charge in [-0.3, -0.25) is 0 Å². The zero-order valence-corrected chi connectivity index (χ0v) is 14.1. The van der Waals surface area contributed by atoms with Crippen LogP contribution in [0.4, 0.5) is 0 Å². The maximum Gasteiger partial charge on any atom is 0.111 e. The zero-order valence-electron chi connectivity index (χ0n) is 14.1. The van der Waals surface area contributed by atoms with Crippen molar-refractivity contribution in [3.05, 3.63) is 24.0 Å². The van der Waals surface area contributed by atoms with E-state index in [2.05, 4.69) is 32.9 Å². The Morgan fingerprint density at radius 2 is 1.91 bits per heavy atom. The summed E-state index contributed by atoms with van der Waals surface area (Å²) in [5.74, 6) is 3.73. The van der Waals surface area contributed by atoms with E-state index in [1.54, 1.807) is 0 Å². The molecule has 0 aromatic heterocycles. The second-order valence-electron chi connectivity index (χ2n) is 9.04. The van der Waals surface area contributed by atoms with E-state index in [1.165, 1.54) is 25.7 Å². The number of fused-ring (bicyclic) bond motifs is 5. The van der Waals surface area contributed by atoms with E-state index in [4.69, 9.17) is 0 Å². The predicted molar refractivity (Wildman–Crippen MR) is 88.3 cm³/mol. The Bertz CT molecular complexity index is 536. The number of aliphatic hydroxyl groups excluding tert-OH is 2. The number of hydrogen-bond acceptors (Lipinski definition) is 2. The van der Waals surface area contributed by atoms with Crippen LogP contribution in [0.25, 0.3) is 0 Å². The van der Waals surface area contributed by atoms with Gasteiger partial charge in [0.2, 0.25) is 0 Å². The van der Waals surface area contributed by atoms with Crippen molar-refractivity contribution in [3.63, 3.8) is 0 Å². The maximum atomic E-state index is 10.5. The molecule has 0 aliphatic heterocycles.